The zero-order valence-electron chi connectivity index (χ0n) is 7.65. The summed E-state index contributed by atoms with van der Waals surface area (Å²) in [5, 5.41) is 26.5. The van der Waals surface area contributed by atoms with Crippen molar-refractivity contribution in [2.75, 3.05) is 0 Å². The van der Waals surface area contributed by atoms with Gasteiger partial charge in [0.1, 0.15) is 11.6 Å². The number of alkyl halides is 2. The predicted octanol–water partition coefficient (Wildman–Crippen LogP) is 1.56. The van der Waals surface area contributed by atoms with Crippen LogP contribution in [0.15, 0.2) is 12.1 Å². The molecule has 0 fully saturated rings. The van der Waals surface area contributed by atoms with Crippen molar-refractivity contribution in [1.82, 2.24) is 0 Å². The highest BCUT2D eigenvalue weighted by molar-refractivity contribution is 5.92. The number of benzene rings is 1. The third-order valence-electron chi connectivity index (χ3n) is 1.69. The van der Waals surface area contributed by atoms with Crippen molar-refractivity contribution in [3.63, 3.8) is 0 Å². The van der Waals surface area contributed by atoms with E-state index in [9.17, 15) is 18.7 Å². The number of carboxylic acids is 1. The molecule has 0 saturated heterocycles. The number of carbonyl (C=O) groups is 1. The van der Waals surface area contributed by atoms with E-state index >= 15 is 0 Å². The Labute approximate surface area is 88.1 Å². The van der Waals surface area contributed by atoms with Gasteiger partial charge < -0.3 is 14.9 Å². The van der Waals surface area contributed by atoms with E-state index in [0.717, 1.165) is 12.1 Å². The van der Waals surface area contributed by atoms with Crippen LogP contribution in [0.5, 0.6) is 11.5 Å². The lowest BCUT2D eigenvalue weighted by Gasteiger charge is -2.09. The minimum atomic E-state index is -3.26. The van der Waals surface area contributed by atoms with Crippen LogP contribution in [0.4, 0.5) is 8.78 Å². The maximum atomic E-state index is 12.0. The summed E-state index contributed by atoms with van der Waals surface area (Å²) in [5.74, 6) is -3.34. The van der Waals surface area contributed by atoms with Crippen molar-refractivity contribution < 1.29 is 28.5 Å². The van der Waals surface area contributed by atoms with Crippen LogP contribution in [0.2, 0.25) is 0 Å². The lowest BCUT2D eigenvalue weighted by atomic mass is 10.1. The molecule has 1 aromatic carbocycles. The number of phenols is 1. The Morgan fingerprint density at radius 2 is 2.12 bits per heavy atom. The first-order valence-electron chi connectivity index (χ1n) is 3.91. The van der Waals surface area contributed by atoms with Crippen molar-refractivity contribution in [3.8, 4) is 17.6 Å². The van der Waals surface area contributed by atoms with Gasteiger partial charge in [0.15, 0.2) is 11.5 Å². The molecule has 0 unspecified atom stereocenters. The second-order valence-corrected chi connectivity index (χ2v) is 2.63. The molecule has 0 heterocycles. The van der Waals surface area contributed by atoms with Crippen LogP contribution < -0.4 is 4.74 Å². The van der Waals surface area contributed by atoms with Gasteiger partial charge in [-0.3, -0.25) is 0 Å². The molecule has 0 aliphatic rings. The molecule has 0 amide bonds. The number of aromatic carboxylic acids is 1. The van der Waals surface area contributed by atoms with Gasteiger partial charge in [0.05, 0.1) is 5.56 Å². The van der Waals surface area contributed by atoms with Crippen LogP contribution in [0, 0.1) is 11.3 Å². The average molecular weight is 229 g/mol. The number of rotatable bonds is 3. The number of nitrogens with zero attached hydrogens (tertiary/aromatic N) is 1. The molecule has 84 valence electrons. The highest BCUT2D eigenvalue weighted by Crippen LogP contribution is 2.34. The fourth-order valence-electron chi connectivity index (χ4n) is 1.04. The lowest BCUT2D eigenvalue weighted by molar-refractivity contribution is -0.0515. The molecule has 1 rings (SSSR count). The topological polar surface area (TPSA) is 90.6 Å². The molecule has 5 nitrogen and oxygen atoms in total. The first-order chi connectivity index (χ1) is 7.47. The smallest absolute Gasteiger partial charge is 0.387 e. The van der Waals surface area contributed by atoms with Gasteiger partial charge in [-0.05, 0) is 12.1 Å². The summed E-state index contributed by atoms with van der Waals surface area (Å²) < 4.78 is 27.8. The van der Waals surface area contributed by atoms with Gasteiger partial charge in [0.2, 0.25) is 0 Å². The number of aromatic hydroxyl groups is 1. The molecule has 7 heteroatoms. The van der Waals surface area contributed by atoms with Crippen molar-refractivity contribution in [2.24, 2.45) is 0 Å². The molecular weight excluding hydrogens is 224 g/mol. The predicted molar refractivity (Wildman–Crippen MR) is 46.4 cm³/mol. The van der Waals surface area contributed by atoms with Crippen molar-refractivity contribution in [3.05, 3.63) is 23.3 Å². The molecule has 0 aromatic heterocycles. The number of ether oxygens (including phenoxy) is 1. The molecular formula is C9H5F2NO4. The second-order valence-electron chi connectivity index (χ2n) is 2.63. The average Bonchev–Trinajstić information content (AvgIpc) is 2.19. The van der Waals surface area contributed by atoms with Crippen LogP contribution >= 0.6 is 0 Å². The van der Waals surface area contributed by atoms with E-state index in [-0.39, 0.29) is 5.56 Å². The van der Waals surface area contributed by atoms with E-state index in [1.54, 1.807) is 0 Å². The lowest BCUT2D eigenvalue weighted by Crippen LogP contribution is -2.06. The van der Waals surface area contributed by atoms with E-state index in [1.165, 1.54) is 6.07 Å². The number of nitriles is 1. The van der Waals surface area contributed by atoms with Crippen LogP contribution in [-0.4, -0.2) is 22.8 Å². The largest absolute Gasteiger partial charge is 0.504 e. The van der Waals surface area contributed by atoms with E-state index in [1.807, 2.05) is 0 Å². The summed E-state index contributed by atoms with van der Waals surface area (Å²) in [4.78, 5) is 10.6. The zero-order chi connectivity index (χ0) is 12.3. The molecule has 0 atom stereocenters. The molecule has 0 aliphatic heterocycles. The van der Waals surface area contributed by atoms with Gasteiger partial charge in [-0.1, -0.05) is 0 Å². The van der Waals surface area contributed by atoms with Gasteiger partial charge in [-0.2, -0.15) is 14.0 Å². The first-order valence-corrected chi connectivity index (χ1v) is 3.91. The molecule has 0 spiro atoms. The van der Waals surface area contributed by atoms with Crippen molar-refractivity contribution in [2.45, 2.75) is 6.61 Å². The monoisotopic (exact) mass is 229 g/mol. The number of hydrogen-bond donors (Lipinski definition) is 2. The van der Waals surface area contributed by atoms with Gasteiger partial charge in [0.25, 0.3) is 0 Å². The maximum Gasteiger partial charge on any atom is 0.387 e. The summed E-state index contributed by atoms with van der Waals surface area (Å²) in [6.45, 7) is -3.26. The Bertz CT molecular complexity index is 467. The Hall–Kier alpha value is -2.36. The van der Waals surface area contributed by atoms with E-state index in [4.69, 9.17) is 10.4 Å². The Balaban J connectivity index is 3.36. The SMILES string of the molecule is N#Cc1ccc(C(=O)O)c(O)c1OC(F)F. The summed E-state index contributed by atoms with van der Waals surface area (Å²) in [6.07, 6.45) is 0. The van der Waals surface area contributed by atoms with Crippen LogP contribution in [-0.2, 0) is 0 Å². The number of carboxylic acid groups (broad SMARTS) is 1. The molecule has 0 radical (unpaired) electrons. The fraction of sp³-hybridized carbons (Fsp3) is 0.111. The third kappa shape index (κ3) is 2.17. The Morgan fingerprint density at radius 1 is 1.50 bits per heavy atom. The summed E-state index contributed by atoms with van der Waals surface area (Å²) in [7, 11) is 0. The standard InChI is InChI=1S/C9H5F2NO4/c10-9(11)16-7-4(3-12)1-2-5(6(7)13)8(14)15/h1-2,9,13H,(H,14,15). The summed E-state index contributed by atoms with van der Waals surface area (Å²) in [5.41, 5.74) is -0.988. The maximum absolute atomic E-state index is 12.0. The molecule has 0 bridgehead atoms. The quantitative estimate of drug-likeness (QED) is 0.820. The minimum Gasteiger partial charge on any atom is -0.504 e. The minimum absolute atomic E-state index is 0.372. The third-order valence-corrected chi connectivity index (χ3v) is 1.69. The van der Waals surface area contributed by atoms with Gasteiger partial charge >= 0.3 is 12.6 Å². The van der Waals surface area contributed by atoms with E-state index < -0.39 is 29.6 Å². The number of hydrogen-bond acceptors (Lipinski definition) is 4. The van der Waals surface area contributed by atoms with Crippen LogP contribution in [0.1, 0.15) is 15.9 Å². The molecule has 2 N–H and O–H groups in total. The zero-order valence-corrected chi connectivity index (χ0v) is 7.65. The van der Waals surface area contributed by atoms with Crippen LogP contribution in [0.3, 0.4) is 0 Å². The summed E-state index contributed by atoms with van der Waals surface area (Å²) >= 11 is 0. The first kappa shape index (κ1) is 11.7. The molecule has 0 aliphatic carbocycles. The Kier molecular flexibility index (Phi) is 3.25. The van der Waals surface area contributed by atoms with Gasteiger partial charge in [0, 0.05) is 0 Å². The second kappa shape index (κ2) is 4.44. The highest BCUT2D eigenvalue weighted by Gasteiger charge is 2.20. The number of halogens is 2. The molecule has 1 aromatic rings. The van der Waals surface area contributed by atoms with Crippen molar-refractivity contribution >= 4 is 5.97 Å². The Morgan fingerprint density at radius 3 is 2.56 bits per heavy atom. The van der Waals surface area contributed by atoms with Crippen LogP contribution in [0.25, 0.3) is 0 Å². The normalized spacial score (nSPS) is 9.88. The fourth-order valence-corrected chi connectivity index (χ4v) is 1.04. The molecule has 0 saturated carbocycles. The van der Waals surface area contributed by atoms with Crippen molar-refractivity contribution in [1.29, 1.82) is 5.26 Å². The van der Waals surface area contributed by atoms with Gasteiger partial charge in [-0.15, -0.1) is 0 Å². The van der Waals surface area contributed by atoms with E-state index in [0.29, 0.717) is 0 Å². The van der Waals surface area contributed by atoms with Gasteiger partial charge in [-0.25, -0.2) is 4.79 Å². The molecule has 16 heavy (non-hydrogen) atoms. The highest BCUT2D eigenvalue weighted by atomic mass is 19.3. The summed E-state index contributed by atoms with van der Waals surface area (Å²) in [6, 6.07) is 3.39. The van der Waals surface area contributed by atoms with E-state index in [2.05, 4.69) is 4.74 Å².